The molecule has 3 N–H and O–H groups in total. The van der Waals surface area contributed by atoms with E-state index in [2.05, 4.69) is 31.0 Å². The molecule has 0 bridgehead atoms. The summed E-state index contributed by atoms with van der Waals surface area (Å²) in [6.45, 7) is 9.29. The molecule has 2 aromatic carbocycles. The molecule has 0 spiro atoms. The standard InChI is InChI=1S/C25H33N3O2/c1-5-22(28-25(6-2)27-19(3)20-12-8-7-9-13-20)21-14-15-23(24(18-21)29-4)30-17-11-10-16-26/h5-9,12-15,18-19,27H,1,10-11,16-17,26H2,2-4H3/b25-6-,28-22+. The second-order valence-corrected chi connectivity index (χ2v) is 6.86. The fourth-order valence-corrected chi connectivity index (χ4v) is 2.96. The van der Waals surface area contributed by atoms with E-state index in [1.54, 1.807) is 13.2 Å². The summed E-state index contributed by atoms with van der Waals surface area (Å²) in [6.07, 6.45) is 5.55. The Hall–Kier alpha value is -3.05. The Balaban J connectivity index is 2.18. The molecule has 0 saturated carbocycles. The SMILES string of the molecule is C=C/C(=N\C(=C/C)NC(C)c1ccccc1)c1ccc(OCCCCN)c(OC)c1. The van der Waals surface area contributed by atoms with Crippen LogP contribution in [0.2, 0.25) is 0 Å². The van der Waals surface area contributed by atoms with Crippen LogP contribution in [-0.2, 0) is 0 Å². The molecule has 160 valence electrons. The number of nitrogens with zero attached hydrogens (tertiary/aromatic N) is 1. The van der Waals surface area contributed by atoms with Crippen LogP contribution in [0.3, 0.4) is 0 Å². The molecule has 0 aliphatic rings. The minimum atomic E-state index is 0.131. The van der Waals surface area contributed by atoms with E-state index < -0.39 is 0 Å². The van der Waals surface area contributed by atoms with Gasteiger partial charge in [0, 0.05) is 11.6 Å². The Morgan fingerprint density at radius 2 is 1.93 bits per heavy atom. The molecule has 0 aliphatic heterocycles. The van der Waals surface area contributed by atoms with E-state index in [0.29, 0.717) is 24.7 Å². The van der Waals surface area contributed by atoms with Gasteiger partial charge in [0.05, 0.1) is 19.4 Å². The Kier molecular flexibility index (Phi) is 9.68. The maximum atomic E-state index is 5.83. The summed E-state index contributed by atoms with van der Waals surface area (Å²) >= 11 is 0. The maximum Gasteiger partial charge on any atom is 0.161 e. The van der Waals surface area contributed by atoms with Gasteiger partial charge in [-0.3, -0.25) is 0 Å². The van der Waals surface area contributed by atoms with E-state index in [0.717, 1.165) is 29.9 Å². The number of benzene rings is 2. The van der Waals surface area contributed by atoms with Gasteiger partial charge in [-0.25, -0.2) is 4.99 Å². The largest absolute Gasteiger partial charge is 0.493 e. The highest BCUT2D eigenvalue weighted by Gasteiger charge is 2.10. The summed E-state index contributed by atoms with van der Waals surface area (Å²) in [5.41, 5.74) is 8.39. The van der Waals surface area contributed by atoms with Gasteiger partial charge < -0.3 is 20.5 Å². The monoisotopic (exact) mass is 407 g/mol. The number of ether oxygens (including phenoxy) is 2. The van der Waals surface area contributed by atoms with Crippen LogP contribution in [0, 0.1) is 0 Å². The number of aliphatic imine (C=N–C) groups is 1. The van der Waals surface area contributed by atoms with E-state index in [1.165, 1.54) is 5.56 Å². The zero-order valence-electron chi connectivity index (χ0n) is 18.2. The summed E-state index contributed by atoms with van der Waals surface area (Å²) in [7, 11) is 1.64. The molecule has 2 rings (SSSR count). The lowest BCUT2D eigenvalue weighted by Crippen LogP contribution is -2.18. The van der Waals surface area contributed by atoms with Gasteiger partial charge in [-0.05, 0) is 69.1 Å². The number of unbranched alkanes of at least 4 members (excludes halogenated alkanes) is 1. The van der Waals surface area contributed by atoms with Gasteiger partial charge in [0.25, 0.3) is 0 Å². The lowest BCUT2D eigenvalue weighted by molar-refractivity contribution is 0.287. The summed E-state index contributed by atoms with van der Waals surface area (Å²) in [5, 5.41) is 3.46. The number of hydrogen-bond donors (Lipinski definition) is 2. The molecule has 30 heavy (non-hydrogen) atoms. The van der Waals surface area contributed by atoms with Crippen LogP contribution in [0.4, 0.5) is 0 Å². The summed E-state index contributed by atoms with van der Waals surface area (Å²) < 4.78 is 11.4. The van der Waals surface area contributed by atoms with Crippen molar-refractivity contribution < 1.29 is 9.47 Å². The van der Waals surface area contributed by atoms with Gasteiger partial charge in [-0.1, -0.05) is 36.9 Å². The molecule has 0 aromatic heterocycles. The van der Waals surface area contributed by atoms with Crippen LogP contribution in [0.5, 0.6) is 11.5 Å². The molecule has 5 heteroatoms. The highest BCUT2D eigenvalue weighted by atomic mass is 16.5. The Bertz CT molecular complexity index is 860. The van der Waals surface area contributed by atoms with Crippen molar-refractivity contribution in [3.63, 3.8) is 0 Å². The number of methoxy groups -OCH3 is 1. The molecule has 0 aliphatic carbocycles. The molecule has 1 unspecified atom stereocenters. The summed E-state index contributed by atoms with van der Waals surface area (Å²) in [5.74, 6) is 2.16. The van der Waals surface area contributed by atoms with Gasteiger partial charge in [0.2, 0.25) is 0 Å². The van der Waals surface area contributed by atoms with Crippen LogP contribution in [-0.4, -0.2) is 26.0 Å². The number of rotatable bonds is 12. The van der Waals surface area contributed by atoms with E-state index in [-0.39, 0.29) is 6.04 Å². The molecule has 0 heterocycles. The van der Waals surface area contributed by atoms with Crippen LogP contribution in [0.15, 0.2) is 78.1 Å². The van der Waals surface area contributed by atoms with Crippen molar-refractivity contribution in [1.29, 1.82) is 0 Å². The lowest BCUT2D eigenvalue weighted by atomic mass is 10.1. The van der Waals surface area contributed by atoms with Crippen molar-refractivity contribution in [2.75, 3.05) is 20.3 Å². The maximum absolute atomic E-state index is 5.83. The highest BCUT2D eigenvalue weighted by molar-refractivity contribution is 6.09. The van der Waals surface area contributed by atoms with Gasteiger partial charge in [-0.2, -0.15) is 0 Å². The Morgan fingerprint density at radius 3 is 2.57 bits per heavy atom. The molecule has 0 amide bonds. The topological polar surface area (TPSA) is 68.9 Å². The van der Waals surface area contributed by atoms with Gasteiger partial charge in [-0.15, -0.1) is 0 Å². The minimum absolute atomic E-state index is 0.131. The van der Waals surface area contributed by atoms with Gasteiger partial charge >= 0.3 is 0 Å². The van der Waals surface area contributed by atoms with Crippen LogP contribution < -0.4 is 20.5 Å². The summed E-state index contributed by atoms with van der Waals surface area (Å²) in [6, 6.07) is 16.2. The van der Waals surface area contributed by atoms with Crippen molar-refractivity contribution in [3.8, 4) is 11.5 Å². The van der Waals surface area contributed by atoms with E-state index in [4.69, 9.17) is 20.2 Å². The first kappa shape index (κ1) is 23.2. The first-order valence-electron chi connectivity index (χ1n) is 10.3. The quantitative estimate of drug-likeness (QED) is 0.384. The Morgan fingerprint density at radius 1 is 1.17 bits per heavy atom. The molecular formula is C25H33N3O2. The van der Waals surface area contributed by atoms with Crippen molar-refractivity contribution in [2.45, 2.75) is 32.7 Å². The van der Waals surface area contributed by atoms with Gasteiger partial charge in [0.1, 0.15) is 5.82 Å². The van der Waals surface area contributed by atoms with Crippen LogP contribution >= 0.6 is 0 Å². The molecule has 0 fully saturated rings. The van der Waals surface area contributed by atoms with E-state index >= 15 is 0 Å². The van der Waals surface area contributed by atoms with Crippen molar-refractivity contribution >= 4 is 5.71 Å². The molecule has 0 radical (unpaired) electrons. The first-order valence-corrected chi connectivity index (χ1v) is 10.3. The van der Waals surface area contributed by atoms with Gasteiger partial charge in [0.15, 0.2) is 11.5 Å². The third kappa shape index (κ3) is 6.78. The Labute approximate surface area is 180 Å². The predicted molar refractivity (Wildman–Crippen MR) is 125 cm³/mol. The second kappa shape index (κ2) is 12.5. The normalized spacial score (nSPS) is 12.9. The van der Waals surface area contributed by atoms with E-state index in [1.807, 2.05) is 49.4 Å². The number of hydrogen-bond acceptors (Lipinski definition) is 5. The number of nitrogens with two attached hydrogens (primary N) is 1. The minimum Gasteiger partial charge on any atom is -0.493 e. The zero-order chi connectivity index (χ0) is 21.8. The van der Waals surface area contributed by atoms with Crippen molar-refractivity contribution in [3.05, 3.63) is 84.2 Å². The fraction of sp³-hybridized carbons (Fsp3) is 0.320. The highest BCUT2D eigenvalue weighted by Crippen LogP contribution is 2.29. The molecule has 5 nitrogen and oxygen atoms in total. The second-order valence-electron chi connectivity index (χ2n) is 6.86. The zero-order valence-corrected chi connectivity index (χ0v) is 18.2. The third-order valence-corrected chi connectivity index (χ3v) is 4.69. The van der Waals surface area contributed by atoms with Crippen LogP contribution in [0.1, 0.15) is 43.9 Å². The fourth-order valence-electron chi connectivity index (χ4n) is 2.96. The molecule has 1 atom stereocenters. The predicted octanol–water partition coefficient (Wildman–Crippen LogP) is 5.00. The third-order valence-electron chi connectivity index (χ3n) is 4.69. The number of allylic oxidation sites excluding steroid dienone is 2. The lowest BCUT2D eigenvalue weighted by Gasteiger charge is -2.17. The van der Waals surface area contributed by atoms with Crippen molar-refractivity contribution in [1.82, 2.24) is 5.32 Å². The first-order chi connectivity index (χ1) is 14.6. The van der Waals surface area contributed by atoms with E-state index in [9.17, 15) is 0 Å². The molecule has 0 saturated heterocycles. The van der Waals surface area contributed by atoms with Crippen molar-refractivity contribution in [2.24, 2.45) is 10.7 Å². The summed E-state index contributed by atoms with van der Waals surface area (Å²) in [4.78, 5) is 4.78. The smallest absolute Gasteiger partial charge is 0.161 e. The average Bonchev–Trinajstić information content (AvgIpc) is 2.80. The van der Waals surface area contributed by atoms with Crippen LogP contribution in [0.25, 0.3) is 0 Å². The average molecular weight is 408 g/mol. The molecular weight excluding hydrogens is 374 g/mol. The molecule has 2 aromatic rings. The number of nitrogens with one attached hydrogen (secondary N) is 1.